The van der Waals surface area contributed by atoms with Gasteiger partial charge in [-0.25, -0.2) is 0 Å². The largest absolute Gasteiger partial charge is 1.00 e. The Balaban J connectivity index is 0.00000264. The number of ether oxygens (including phenoxy) is 2. The van der Waals surface area contributed by atoms with E-state index in [1.54, 1.807) is 18.7 Å². The first-order valence-corrected chi connectivity index (χ1v) is 9.08. The van der Waals surface area contributed by atoms with E-state index >= 15 is 0 Å². The summed E-state index contributed by atoms with van der Waals surface area (Å²) >= 11 is 1.61. The molecule has 128 valence electrons. The van der Waals surface area contributed by atoms with Crippen LogP contribution in [0.3, 0.4) is 0 Å². The number of fused-ring (bicyclic) bond motifs is 6. The van der Waals surface area contributed by atoms with Gasteiger partial charge < -0.3 is 29.6 Å². The van der Waals surface area contributed by atoms with E-state index in [2.05, 4.69) is 0 Å². The fourth-order valence-electron chi connectivity index (χ4n) is 2.90. The molecule has 0 radical (unpaired) electrons. The monoisotopic (exact) mass is 356 g/mol. The second-order valence-corrected chi connectivity index (χ2v) is 7.29. The van der Waals surface area contributed by atoms with Gasteiger partial charge in [-0.3, -0.25) is 0 Å². The van der Waals surface area contributed by atoms with Crippen molar-refractivity contribution in [1.29, 1.82) is 0 Å². The van der Waals surface area contributed by atoms with Crippen molar-refractivity contribution in [3.8, 4) is 0 Å². The summed E-state index contributed by atoms with van der Waals surface area (Å²) in [4.78, 5) is 10.7. The van der Waals surface area contributed by atoms with Gasteiger partial charge in [0.1, 0.15) is 6.10 Å². The van der Waals surface area contributed by atoms with Crippen molar-refractivity contribution in [2.24, 2.45) is 11.8 Å². The number of aliphatic carboxylic acids is 1. The van der Waals surface area contributed by atoms with E-state index in [4.69, 9.17) is 9.47 Å². The number of aliphatic hydroxyl groups excluding tert-OH is 2. The summed E-state index contributed by atoms with van der Waals surface area (Å²) in [6.07, 6.45) is 0.422. The van der Waals surface area contributed by atoms with Crippen LogP contribution < -0.4 is 34.7 Å². The summed E-state index contributed by atoms with van der Waals surface area (Å²) in [7, 11) is 0. The van der Waals surface area contributed by atoms with Crippen LogP contribution in [0, 0.1) is 11.8 Å². The van der Waals surface area contributed by atoms with Gasteiger partial charge in [-0.1, -0.05) is 13.3 Å². The molecule has 0 aromatic rings. The Kier molecular flexibility index (Phi) is 10.0. The summed E-state index contributed by atoms with van der Waals surface area (Å²) in [5.74, 6) is -0.217. The number of hydrogen-bond donors (Lipinski definition) is 2. The molecule has 23 heavy (non-hydrogen) atoms. The smallest absolute Gasteiger partial charge is 0.550 e. The predicted molar refractivity (Wildman–Crippen MR) is 80.1 cm³/mol. The van der Waals surface area contributed by atoms with Crippen LogP contribution in [0.1, 0.15) is 32.6 Å². The van der Waals surface area contributed by atoms with E-state index in [1.165, 1.54) is 0 Å². The molecule has 3 heterocycles. The van der Waals surface area contributed by atoms with E-state index in [9.17, 15) is 20.1 Å². The number of carboxylic acid groups (broad SMARTS) is 1. The first-order valence-electron chi connectivity index (χ1n) is 7.92. The molecule has 3 aliphatic heterocycles. The third-order valence-corrected chi connectivity index (χ3v) is 5.54. The van der Waals surface area contributed by atoms with Crippen LogP contribution in [-0.4, -0.2) is 58.9 Å². The van der Waals surface area contributed by atoms with Crippen molar-refractivity contribution in [3.63, 3.8) is 0 Å². The quantitative estimate of drug-likeness (QED) is 0.381. The molecule has 0 amide bonds. The van der Waals surface area contributed by atoms with Crippen molar-refractivity contribution in [2.45, 2.75) is 57.2 Å². The molecular formula is C15H25NaO6S. The minimum absolute atomic E-state index is 0. The van der Waals surface area contributed by atoms with Crippen LogP contribution >= 0.6 is 11.8 Å². The molecular weight excluding hydrogens is 331 g/mol. The maximum Gasteiger partial charge on any atom is 1.00 e. The van der Waals surface area contributed by atoms with Gasteiger partial charge in [-0.15, -0.1) is 0 Å². The van der Waals surface area contributed by atoms with Gasteiger partial charge in [0.15, 0.2) is 6.29 Å². The molecule has 0 spiro atoms. The second kappa shape index (κ2) is 10.6. The average Bonchev–Trinajstić information content (AvgIpc) is 2.62. The van der Waals surface area contributed by atoms with E-state index in [0.717, 1.165) is 19.3 Å². The van der Waals surface area contributed by atoms with Crippen molar-refractivity contribution >= 4 is 17.7 Å². The molecule has 3 aliphatic rings. The van der Waals surface area contributed by atoms with Gasteiger partial charge in [-0.05, 0) is 30.9 Å². The zero-order valence-corrected chi connectivity index (χ0v) is 16.7. The molecule has 2 N–H and O–H groups in total. The summed E-state index contributed by atoms with van der Waals surface area (Å²) < 4.78 is 11.3. The normalized spacial score (nSPS) is 35.5. The molecule has 6 unspecified atom stereocenters. The number of carbonyl (C=O) groups excluding carboxylic acids is 1. The Morgan fingerprint density at radius 2 is 2.09 bits per heavy atom. The van der Waals surface area contributed by atoms with E-state index < -0.39 is 30.4 Å². The Bertz CT molecular complexity index is 370. The first-order chi connectivity index (χ1) is 10.5. The number of carbonyl (C=O) groups is 1. The standard InChI is InChI=1S/C15H26O6S.Na/c1-9(14(18)19)5-7-22-8-11-10-4-2-3-6-20-15(21-11)13(17)12(10)16;/h9-13,15-17H,2-8H2,1H3,(H,18,19);/q;+1/p-1. The van der Waals surface area contributed by atoms with Crippen molar-refractivity contribution in [2.75, 3.05) is 18.1 Å². The third-order valence-electron chi connectivity index (χ3n) is 4.45. The summed E-state index contributed by atoms with van der Waals surface area (Å²) in [6, 6.07) is 0. The van der Waals surface area contributed by atoms with Crippen LogP contribution in [0.15, 0.2) is 0 Å². The zero-order valence-electron chi connectivity index (χ0n) is 13.8. The topological polar surface area (TPSA) is 99.1 Å². The minimum atomic E-state index is -1.02. The fraction of sp³-hybridized carbons (Fsp3) is 0.933. The first kappa shape index (κ1) is 21.7. The number of hydrogen-bond acceptors (Lipinski definition) is 7. The molecule has 2 bridgehead atoms. The molecule has 3 rings (SSSR count). The molecule has 8 heteroatoms. The predicted octanol–water partition coefficient (Wildman–Crippen LogP) is -3.24. The maximum atomic E-state index is 10.7. The van der Waals surface area contributed by atoms with Gasteiger partial charge >= 0.3 is 29.6 Å². The van der Waals surface area contributed by atoms with Crippen LogP contribution in [0.5, 0.6) is 0 Å². The van der Waals surface area contributed by atoms with E-state index in [-0.39, 0.29) is 41.6 Å². The molecule has 3 fully saturated rings. The van der Waals surface area contributed by atoms with Crippen LogP contribution in [0.25, 0.3) is 0 Å². The molecule has 6 atom stereocenters. The Hall–Kier alpha value is 0.660. The molecule has 0 aromatic carbocycles. The maximum absolute atomic E-state index is 10.7. The second-order valence-electron chi connectivity index (χ2n) is 6.14. The zero-order chi connectivity index (χ0) is 16.1. The SMILES string of the molecule is CC(CCSCC1OC2OCCCCC1C(O)C2O)C(=O)[O-].[Na+]. The van der Waals surface area contributed by atoms with Crippen molar-refractivity contribution < 1.29 is 59.1 Å². The molecule has 6 nitrogen and oxygen atoms in total. The molecule has 3 saturated heterocycles. The van der Waals surface area contributed by atoms with Gasteiger partial charge in [0.2, 0.25) is 0 Å². The number of carboxylic acids is 1. The van der Waals surface area contributed by atoms with E-state index in [1.807, 2.05) is 0 Å². The van der Waals surface area contributed by atoms with Gasteiger partial charge in [-0.2, -0.15) is 11.8 Å². The Labute approximate surface area is 163 Å². The minimum Gasteiger partial charge on any atom is -0.550 e. The van der Waals surface area contributed by atoms with Crippen molar-refractivity contribution in [3.05, 3.63) is 0 Å². The number of thioether (sulfide) groups is 1. The van der Waals surface area contributed by atoms with E-state index in [0.29, 0.717) is 24.5 Å². The molecule has 0 saturated carbocycles. The Morgan fingerprint density at radius 3 is 2.78 bits per heavy atom. The molecule has 0 aromatic heterocycles. The summed E-state index contributed by atoms with van der Waals surface area (Å²) in [5, 5.41) is 31.0. The summed E-state index contributed by atoms with van der Waals surface area (Å²) in [6.45, 7) is 2.17. The number of rotatable bonds is 6. The average molecular weight is 356 g/mol. The van der Waals surface area contributed by atoms with Crippen LogP contribution in [-0.2, 0) is 14.3 Å². The summed E-state index contributed by atoms with van der Waals surface area (Å²) in [5.41, 5.74) is 0. The Morgan fingerprint density at radius 1 is 1.35 bits per heavy atom. The van der Waals surface area contributed by atoms with Crippen LogP contribution in [0.4, 0.5) is 0 Å². The van der Waals surface area contributed by atoms with Gasteiger partial charge in [0.05, 0.1) is 12.2 Å². The van der Waals surface area contributed by atoms with Gasteiger partial charge in [0, 0.05) is 24.2 Å². The number of aliphatic hydroxyl groups is 2. The van der Waals surface area contributed by atoms with Gasteiger partial charge in [0.25, 0.3) is 0 Å². The third kappa shape index (κ3) is 6.15. The fourth-order valence-corrected chi connectivity index (χ4v) is 4.15. The molecule has 0 aliphatic carbocycles. The van der Waals surface area contributed by atoms with Crippen LogP contribution in [0.2, 0.25) is 0 Å². The van der Waals surface area contributed by atoms with Crippen molar-refractivity contribution in [1.82, 2.24) is 0 Å².